The Morgan fingerprint density at radius 2 is 1.81 bits per heavy atom. The number of nitrogens with zero attached hydrogens (tertiary/aromatic N) is 2. The maximum atomic E-state index is 11.7. The van der Waals surface area contributed by atoms with E-state index in [1.165, 1.54) is 0 Å². The minimum atomic E-state index is -0.0891. The van der Waals surface area contributed by atoms with Crippen LogP contribution in [0.4, 0.5) is 0 Å². The fraction of sp³-hybridized carbons (Fsp3) is 0.143. The molecule has 0 spiro atoms. The van der Waals surface area contributed by atoms with E-state index in [9.17, 15) is 4.79 Å². The molecule has 132 valence electrons. The Morgan fingerprint density at radius 1 is 1.12 bits per heavy atom. The van der Waals surface area contributed by atoms with Gasteiger partial charge in [0.05, 0.1) is 5.69 Å². The Kier molecular flexibility index (Phi) is 5.68. The van der Waals surface area contributed by atoms with Crippen LogP contribution >= 0.6 is 15.9 Å². The van der Waals surface area contributed by atoms with Crippen molar-refractivity contribution in [3.8, 4) is 11.3 Å². The maximum absolute atomic E-state index is 11.7. The van der Waals surface area contributed by atoms with Crippen molar-refractivity contribution in [1.29, 1.82) is 0 Å². The first kappa shape index (κ1) is 18.1. The molecule has 0 bridgehead atoms. The van der Waals surface area contributed by atoms with Gasteiger partial charge in [-0.2, -0.15) is 0 Å². The second kappa shape index (κ2) is 8.15. The van der Waals surface area contributed by atoms with Gasteiger partial charge in [-0.25, -0.2) is 4.98 Å². The van der Waals surface area contributed by atoms with Crippen LogP contribution in [-0.2, 0) is 6.54 Å². The largest absolute Gasteiger partial charge is 0.355 e. The SMILES string of the molecule is CCn1cc(-c2ccc(C(=O)NC)cc2)nc1C=Cc1ccc(Br)cc1. The Bertz CT molecular complexity index is 925. The van der Waals surface area contributed by atoms with Gasteiger partial charge in [0.1, 0.15) is 5.82 Å². The fourth-order valence-electron chi connectivity index (χ4n) is 2.64. The van der Waals surface area contributed by atoms with Gasteiger partial charge in [-0.05, 0) is 42.8 Å². The second-order valence-electron chi connectivity index (χ2n) is 5.81. The molecule has 0 saturated heterocycles. The number of hydrogen-bond acceptors (Lipinski definition) is 2. The molecule has 0 fully saturated rings. The monoisotopic (exact) mass is 409 g/mol. The van der Waals surface area contributed by atoms with Crippen molar-refractivity contribution in [2.75, 3.05) is 7.05 Å². The van der Waals surface area contributed by atoms with Gasteiger partial charge < -0.3 is 9.88 Å². The van der Waals surface area contributed by atoms with Gasteiger partial charge in [-0.15, -0.1) is 0 Å². The Hall–Kier alpha value is -2.66. The number of aromatic nitrogens is 2. The average molecular weight is 410 g/mol. The lowest BCUT2D eigenvalue weighted by molar-refractivity contribution is 0.0963. The summed E-state index contributed by atoms with van der Waals surface area (Å²) >= 11 is 3.45. The summed E-state index contributed by atoms with van der Waals surface area (Å²) < 4.78 is 3.17. The number of nitrogens with one attached hydrogen (secondary N) is 1. The maximum Gasteiger partial charge on any atom is 0.251 e. The molecule has 0 atom stereocenters. The van der Waals surface area contributed by atoms with E-state index < -0.39 is 0 Å². The number of aryl methyl sites for hydroxylation is 1. The van der Waals surface area contributed by atoms with Gasteiger partial charge in [-0.3, -0.25) is 4.79 Å². The van der Waals surface area contributed by atoms with Crippen LogP contribution < -0.4 is 5.32 Å². The first-order valence-corrected chi connectivity index (χ1v) is 9.23. The molecule has 0 aliphatic heterocycles. The smallest absolute Gasteiger partial charge is 0.251 e. The van der Waals surface area contributed by atoms with E-state index in [4.69, 9.17) is 4.98 Å². The topological polar surface area (TPSA) is 46.9 Å². The van der Waals surface area contributed by atoms with E-state index in [0.29, 0.717) is 5.56 Å². The van der Waals surface area contributed by atoms with Crippen molar-refractivity contribution >= 4 is 34.0 Å². The van der Waals surface area contributed by atoms with Gasteiger partial charge in [-0.1, -0.05) is 46.3 Å². The molecule has 0 radical (unpaired) electrons. The summed E-state index contributed by atoms with van der Waals surface area (Å²) in [7, 11) is 1.63. The third kappa shape index (κ3) is 4.11. The highest BCUT2D eigenvalue weighted by molar-refractivity contribution is 9.10. The molecule has 1 aromatic heterocycles. The first-order valence-electron chi connectivity index (χ1n) is 8.44. The Balaban J connectivity index is 1.86. The van der Waals surface area contributed by atoms with Crippen molar-refractivity contribution < 1.29 is 4.79 Å². The summed E-state index contributed by atoms with van der Waals surface area (Å²) in [6.07, 6.45) is 6.12. The summed E-state index contributed by atoms with van der Waals surface area (Å²) in [6, 6.07) is 15.6. The van der Waals surface area contributed by atoms with Crippen LogP contribution in [0.3, 0.4) is 0 Å². The number of amides is 1. The third-order valence-electron chi connectivity index (χ3n) is 4.11. The zero-order valence-corrected chi connectivity index (χ0v) is 16.3. The number of rotatable bonds is 5. The quantitative estimate of drug-likeness (QED) is 0.653. The average Bonchev–Trinajstić information content (AvgIpc) is 3.10. The number of carbonyl (C=O) groups is 1. The minimum Gasteiger partial charge on any atom is -0.355 e. The van der Waals surface area contributed by atoms with E-state index in [1.54, 1.807) is 7.05 Å². The number of hydrogen-bond donors (Lipinski definition) is 1. The van der Waals surface area contributed by atoms with Gasteiger partial charge in [0.25, 0.3) is 5.91 Å². The van der Waals surface area contributed by atoms with E-state index >= 15 is 0 Å². The summed E-state index contributed by atoms with van der Waals surface area (Å²) in [6.45, 7) is 2.93. The predicted molar refractivity (Wildman–Crippen MR) is 110 cm³/mol. The fourth-order valence-corrected chi connectivity index (χ4v) is 2.90. The molecule has 1 amide bonds. The van der Waals surface area contributed by atoms with Gasteiger partial charge in [0, 0.05) is 35.4 Å². The highest BCUT2D eigenvalue weighted by Gasteiger charge is 2.08. The lowest BCUT2D eigenvalue weighted by Crippen LogP contribution is -2.17. The van der Waals surface area contributed by atoms with Crippen LogP contribution in [0.25, 0.3) is 23.4 Å². The second-order valence-corrected chi connectivity index (χ2v) is 6.73. The van der Waals surface area contributed by atoms with E-state index in [2.05, 4.69) is 50.9 Å². The number of imidazole rings is 1. The molecule has 26 heavy (non-hydrogen) atoms. The Labute approximate surface area is 161 Å². The van der Waals surface area contributed by atoms with Crippen molar-refractivity contribution in [3.63, 3.8) is 0 Å². The molecule has 2 aromatic carbocycles. The van der Waals surface area contributed by atoms with Crippen LogP contribution in [-0.4, -0.2) is 22.5 Å². The van der Waals surface area contributed by atoms with Crippen molar-refractivity contribution in [2.24, 2.45) is 0 Å². The molecule has 0 saturated carbocycles. The molecule has 1 heterocycles. The molecule has 3 rings (SSSR count). The predicted octanol–water partition coefficient (Wildman–Crippen LogP) is 4.86. The highest BCUT2D eigenvalue weighted by Crippen LogP contribution is 2.21. The molecule has 4 nitrogen and oxygen atoms in total. The molecule has 3 aromatic rings. The lowest BCUT2D eigenvalue weighted by atomic mass is 10.1. The minimum absolute atomic E-state index is 0.0891. The van der Waals surface area contributed by atoms with Crippen molar-refractivity contribution in [1.82, 2.24) is 14.9 Å². The van der Waals surface area contributed by atoms with Gasteiger partial charge in [0.2, 0.25) is 0 Å². The van der Waals surface area contributed by atoms with E-state index in [1.807, 2.05) is 48.7 Å². The van der Waals surface area contributed by atoms with Gasteiger partial charge in [0.15, 0.2) is 0 Å². The Morgan fingerprint density at radius 3 is 2.42 bits per heavy atom. The number of carbonyl (C=O) groups excluding carboxylic acids is 1. The highest BCUT2D eigenvalue weighted by atomic mass is 79.9. The molecular formula is C21H20BrN3O. The number of halogens is 1. The first-order chi connectivity index (χ1) is 12.6. The molecular weight excluding hydrogens is 390 g/mol. The molecule has 0 aliphatic carbocycles. The summed E-state index contributed by atoms with van der Waals surface area (Å²) in [5.74, 6) is 0.814. The van der Waals surface area contributed by atoms with E-state index in [-0.39, 0.29) is 5.91 Å². The number of benzene rings is 2. The van der Waals surface area contributed by atoms with Crippen LogP contribution in [0.5, 0.6) is 0 Å². The van der Waals surface area contributed by atoms with E-state index in [0.717, 1.165) is 33.7 Å². The van der Waals surface area contributed by atoms with Crippen LogP contribution in [0.2, 0.25) is 0 Å². The molecule has 0 unspecified atom stereocenters. The zero-order chi connectivity index (χ0) is 18.5. The molecule has 0 aliphatic rings. The van der Waals surface area contributed by atoms with Gasteiger partial charge >= 0.3 is 0 Å². The zero-order valence-electron chi connectivity index (χ0n) is 14.7. The van der Waals surface area contributed by atoms with Crippen LogP contribution in [0.15, 0.2) is 59.2 Å². The van der Waals surface area contributed by atoms with Crippen LogP contribution in [0.1, 0.15) is 28.7 Å². The standard InChI is InChI=1S/C21H20BrN3O/c1-3-25-14-19(16-7-9-17(10-8-16)21(26)23-2)24-20(25)13-6-15-4-11-18(22)12-5-15/h4-14H,3H2,1-2H3,(H,23,26). The van der Waals surface area contributed by atoms with Crippen LogP contribution in [0, 0.1) is 0 Å². The molecule has 5 heteroatoms. The normalized spacial score (nSPS) is 11.0. The third-order valence-corrected chi connectivity index (χ3v) is 4.64. The molecule has 1 N–H and O–H groups in total. The van der Waals surface area contributed by atoms with Crippen molar-refractivity contribution in [2.45, 2.75) is 13.5 Å². The lowest BCUT2D eigenvalue weighted by Gasteiger charge is -2.01. The summed E-state index contributed by atoms with van der Waals surface area (Å²) in [5, 5.41) is 2.63. The van der Waals surface area contributed by atoms with Crippen molar-refractivity contribution in [3.05, 3.63) is 76.2 Å². The summed E-state index contributed by atoms with van der Waals surface area (Å²) in [4.78, 5) is 16.4. The summed E-state index contributed by atoms with van der Waals surface area (Å²) in [5.41, 5.74) is 3.64.